The minimum Gasteiger partial charge on any atom is -0.507 e. The van der Waals surface area contributed by atoms with Crippen molar-refractivity contribution >= 4 is 33.1 Å². The number of fused-ring (bicyclic) bond motifs is 2. The van der Waals surface area contributed by atoms with E-state index >= 15 is 0 Å². The summed E-state index contributed by atoms with van der Waals surface area (Å²) in [5, 5.41) is 24.9. The Morgan fingerprint density at radius 3 is 2.82 bits per heavy atom. The smallest absolute Gasteiger partial charge is 0.266 e. The first-order chi connectivity index (χ1) is 10.5. The van der Waals surface area contributed by atoms with Gasteiger partial charge in [0.05, 0.1) is 15.2 Å². The van der Waals surface area contributed by atoms with E-state index in [1.807, 2.05) is 6.92 Å². The fourth-order valence-corrected chi connectivity index (χ4v) is 3.73. The minimum absolute atomic E-state index is 0.146. The summed E-state index contributed by atoms with van der Waals surface area (Å²) in [6.07, 6.45) is 0. The number of anilines is 1. The highest BCUT2D eigenvalue weighted by Gasteiger charge is 2.48. The van der Waals surface area contributed by atoms with Crippen LogP contribution in [0.25, 0.3) is 10.2 Å². The van der Waals surface area contributed by atoms with Crippen LogP contribution < -0.4 is 5.32 Å². The van der Waals surface area contributed by atoms with Crippen LogP contribution in [0.15, 0.2) is 36.4 Å². The number of nitrogens with one attached hydrogen (secondary N) is 1. The molecule has 1 aliphatic rings. The van der Waals surface area contributed by atoms with Gasteiger partial charge in [-0.15, -0.1) is 11.3 Å². The first-order valence-electron chi connectivity index (χ1n) is 6.74. The topological polar surface area (TPSA) is 82.5 Å². The van der Waals surface area contributed by atoms with E-state index in [-0.39, 0.29) is 11.3 Å². The summed E-state index contributed by atoms with van der Waals surface area (Å²) >= 11 is 1.45. The van der Waals surface area contributed by atoms with Gasteiger partial charge in [-0.2, -0.15) is 0 Å². The Morgan fingerprint density at radius 1 is 1.23 bits per heavy atom. The number of phenols is 1. The summed E-state index contributed by atoms with van der Waals surface area (Å²) in [6.45, 7) is 1.87. The SMILES string of the molecule is Cc1nc2cc(O)c(C3(O)C(=O)Nc4ccccc43)cc2s1. The molecule has 0 radical (unpaired) electrons. The number of para-hydroxylation sites is 1. The van der Waals surface area contributed by atoms with Crippen LogP contribution in [0.4, 0.5) is 5.69 Å². The molecule has 0 saturated heterocycles. The molecule has 1 atom stereocenters. The van der Waals surface area contributed by atoms with Crippen molar-refractivity contribution in [1.82, 2.24) is 4.98 Å². The molecule has 2 heterocycles. The van der Waals surface area contributed by atoms with E-state index in [1.54, 1.807) is 30.3 Å². The Hall–Kier alpha value is -2.44. The summed E-state index contributed by atoms with van der Waals surface area (Å²) < 4.78 is 0.816. The highest BCUT2D eigenvalue weighted by molar-refractivity contribution is 7.18. The largest absolute Gasteiger partial charge is 0.507 e. The third-order valence-electron chi connectivity index (χ3n) is 3.90. The van der Waals surface area contributed by atoms with E-state index in [4.69, 9.17) is 0 Å². The van der Waals surface area contributed by atoms with Gasteiger partial charge in [-0.1, -0.05) is 18.2 Å². The quantitative estimate of drug-likeness (QED) is 0.645. The summed E-state index contributed by atoms with van der Waals surface area (Å²) in [6, 6.07) is 10.0. The number of amides is 1. The summed E-state index contributed by atoms with van der Waals surface area (Å²) in [4.78, 5) is 16.7. The fourth-order valence-electron chi connectivity index (χ4n) is 2.88. The highest BCUT2D eigenvalue weighted by Crippen LogP contribution is 2.45. The van der Waals surface area contributed by atoms with Crippen LogP contribution >= 0.6 is 11.3 Å². The number of carbonyl (C=O) groups excluding carboxylic acids is 1. The minimum atomic E-state index is -1.90. The number of aliphatic hydroxyl groups is 1. The second-order valence-corrected chi connectivity index (χ2v) is 6.51. The predicted molar refractivity (Wildman–Crippen MR) is 84.1 cm³/mol. The van der Waals surface area contributed by atoms with E-state index in [1.165, 1.54) is 17.4 Å². The van der Waals surface area contributed by atoms with Gasteiger partial charge in [-0.25, -0.2) is 4.98 Å². The maximum absolute atomic E-state index is 12.4. The van der Waals surface area contributed by atoms with Crippen molar-refractivity contribution in [2.45, 2.75) is 12.5 Å². The van der Waals surface area contributed by atoms with E-state index in [0.717, 1.165) is 9.71 Å². The monoisotopic (exact) mass is 312 g/mol. The number of aromatic nitrogens is 1. The van der Waals surface area contributed by atoms with Crippen molar-refractivity contribution in [2.75, 3.05) is 5.32 Å². The lowest BCUT2D eigenvalue weighted by Gasteiger charge is -2.22. The lowest BCUT2D eigenvalue weighted by Crippen LogP contribution is -2.35. The number of carbonyl (C=O) groups is 1. The molecule has 6 heteroatoms. The van der Waals surface area contributed by atoms with Crippen molar-refractivity contribution in [2.24, 2.45) is 0 Å². The van der Waals surface area contributed by atoms with Crippen LogP contribution in [0.3, 0.4) is 0 Å². The highest BCUT2D eigenvalue weighted by atomic mass is 32.1. The van der Waals surface area contributed by atoms with Crippen molar-refractivity contribution in [3.05, 3.63) is 52.5 Å². The Labute approximate surface area is 129 Å². The molecule has 3 aromatic rings. The van der Waals surface area contributed by atoms with E-state index in [9.17, 15) is 15.0 Å². The van der Waals surface area contributed by atoms with Crippen molar-refractivity contribution < 1.29 is 15.0 Å². The molecule has 0 saturated carbocycles. The number of hydrogen-bond acceptors (Lipinski definition) is 5. The van der Waals surface area contributed by atoms with Gasteiger partial charge >= 0.3 is 0 Å². The Balaban J connectivity index is 2.01. The lowest BCUT2D eigenvalue weighted by atomic mass is 9.87. The van der Waals surface area contributed by atoms with Gasteiger partial charge in [0, 0.05) is 22.9 Å². The molecule has 0 spiro atoms. The first-order valence-corrected chi connectivity index (χ1v) is 7.56. The number of aryl methyl sites for hydroxylation is 1. The number of thiazole rings is 1. The summed E-state index contributed by atoms with van der Waals surface area (Å²) in [5.74, 6) is -0.711. The average molecular weight is 312 g/mol. The van der Waals surface area contributed by atoms with E-state index in [0.29, 0.717) is 16.8 Å². The van der Waals surface area contributed by atoms with Gasteiger partial charge < -0.3 is 15.5 Å². The molecule has 22 heavy (non-hydrogen) atoms. The molecule has 1 unspecified atom stereocenters. The second-order valence-electron chi connectivity index (χ2n) is 5.28. The Bertz CT molecular complexity index is 934. The average Bonchev–Trinajstić information content (AvgIpc) is 2.96. The van der Waals surface area contributed by atoms with Crippen molar-refractivity contribution in [1.29, 1.82) is 0 Å². The van der Waals surface area contributed by atoms with Gasteiger partial charge in [0.15, 0.2) is 5.60 Å². The zero-order valence-electron chi connectivity index (χ0n) is 11.6. The summed E-state index contributed by atoms with van der Waals surface area (Å²) in [5.41, 5.74) is -0.0803. The normalized spacial score (nSPS) is 20.2. The van der Waals surface area contributed by atoms with Gasteiger partial charge in [-0.05, 0) is 19.1 Å². The number of nitrogens with zero attached hydrogens (tertiary/aromatic N) is 1. The number of hydrogen-bond donors (Lipinski definition) is 3. The van der Waals surface area contributed by atoms with Gasteiger partial charge in [-0.3, -0.25) is 4.79 Å². The number of benzene rings is 2. The molecule has 2 aromatic carbocycles. The van der Waals surface area contributed by atoms with Crippen molar-refractivity contribution in [3.8, 4) is 5.75 Å². The Morgan fingerprint density at radius 2 is 2.00 bits per heavy atom. The third-order valence-corrected chi connectivity index (χ3v) is 4.83. The first kappa shape index (κ1) is 13.2. The maximum atomic E-state index is 12.4. The number of rotatable bonds is 1. The van der Waals surface area contributed by atoms with Crippen LogP contribution in [-0.2, 0) is 10.4 Å². The predicted octanol–water partition coefficient (Wildman–Crippen LogP) is 2.50. The standard InChI is InChI=1S/C16H12N2O3S/c1-8-17-12-7-13(19)10(6-14(12)22-8)16(21)9-4-2-3-5-11(9)18-15(16)20/h2-7,19,21H,1H3,(H,18,20). The molecule has 5 nitrogen and oxygen atoms in total. The van der Waals surface area contributed by atoms with Gasteiger partial charge in [0.1, 0.15) is 5.75 Å². The van der Waals surface area contributed by atoms with E-state index in [2.05, 4.69) is 10.3 Å². The maximum Gasteiger partial charge on any atom is 0.266 e. The molecule has 4 rings (SSSR count). The van der Waals surface area contributed by atoms with Gasteiger partial charge in [0.25, 0.3) is 5.91 Å². The lowest BCUT2D eigenvalue weighted by molar-refractivity contribution is -0.129. The molecule has 0 bridgehead atoms. The second kappa shape index (κ2) is 4.28. The zero-order valence-corrected chi connectivity index (χ0v) is 12.4. The fraction of sp³-hybridized carbons (Fsp3) is 0.125. The molecule has 0 fully saturated rings. The number of aromatic hydroxyl groups is 1. The molecule has 3 N–H and O–H groups in total. The van der Waals surface area contributed by atoms with Crippen LogP contribution in [-0.4, -0.2) is 21.1 Å². The number of phenolic OH excluding ortho intramolecular Hbond substituents is 1. The van der Waals surface area contributed by atoms with Crippen LogP contribution in [0, 0.1) is 6.92 Å². The third kappa shape index (κ3) is 1.62. The van der Waals surface area contributed by atoms with Crippen molar-refractivity contribution in [3.63, 3.8) is 0 Å². The van der Waals surface area contributed by atoms with Crippen LogP contribution in [0.5, 0.6) is 5.75 Å². The zero-order chi connectivity index (χ0) is 15.5. The summed E-state index contributed by atoms with van der Waals surface area (Å²) in [7, 11) is 0. The van der Waals surface area contributed by atoms with E-state index < -0.39 is 11.5 Å². The molecule has 110 valence electrons. The molecular weight excluding hydrogens is 300 g/mol. The molecule has 1 aromatic heterocycles. The molecule has 0 aliphatic carbocycles. The van der Waals surface area contributed by atoms with Crippen LogP contribution in [0.2, 0.25) is 0 Å². The molecular formula is C16H12N2O3S. The molecule has 1 amide bonds. The van der Waals surface area contributed by atoms with Gasteiger partial charge in [0.2, 0.25) is 0 Å². The Kier molecular flexibility index (Phi) is 2.58. The molecule has 1 aliphatic heterocycles. The van der Waals surface area contributed by atoms with Crippen LogP contribution in [0.1, 0.15) is 16.1 Å².